The van der Waals surface area contributed by atoms with Gasteiger partial charge in [-0.3, -0.25) is 0 Å². The molecule has 1 rings (SSSR count). The Balaban J connectivity index is 3.25. The fourth-order valence-corrected chi connectivity index (χ4v) is 1.50. The van der Waals surface area contributed by atoms with Crippen molar-refractivity contribution in [2.45, 2.75) is 0 Å². The summed E-state index contributed by atoms with van der Waals surface area (Å²) in [6.07, 6.45) is 0. The zero-order chi connectivity index (χ0) is 6.85. The first kappa shape index (κ1) is 7.58. The molecule has 0 N–H and O–H groups in total. The molecule has 0 amide bonds. The molecule has 0 aliphatic heterocycles. The Labute approximate surface area is 75.5 Å². The first-order chi connectivity index (χ1) is 4.22. The van der Waals surface area contributed by atoms with Crippen molar-refractivity contribution in [2.24, 2.45) is 0 Å². The van der Waals surface area contributed by atoms with E-state index >= 15 is 0 Å². The third kappa shape index (κ3) is 1.69. The van der Waals surface area contributed by atoms with Crippen LogP contribution in [-0.4, -0.2) is 0 Å². The lowest BCUT2D eigenvalue weighted by molar-refractivity contribution is 1.59. The van der Waals surface area contributed by atoms with Gasteiger partial charge in [0.25, 0.3) is 0 Å². The molecule has 1 aromatic carbocycles. The van der Waals surface area contributed by atoms with Crippen molar-refractivity contribution in [1.82, 2.24) is 0 Å². The Bertz CT molecular complexity index is 202. The molecular weight excluding hydrogens is 267 g/mol. The van der Waals surface area contributed by atoms with E-state index in [0.717, 1.165) is 8.95 Å². The van der Waals surface area contributed by atoms with Gasteiger partial charge in [-0.15, -0.1) is 0 Å². The molecule has 0 aliphatic carbocycles. The highest BCUT2D eigenvalue weighted by Gasteiger charge is 1.98. The van der Waals surface area contributed by atoms with Crippen LogP contribution in [0.15, 0.2) is 21.1 Å². The van der Waals surface area contributed by atoms with Crippen molar-refractivity contribution in [2.75, 3.05) is 0 Å². The molecule has 0 fully saturated rings. The highest BCUT2D eigenvalue weighted by molar-refractivity contribution is 9.11. The molecule has 1 radical (unpaired) electrons. The third-order valence-electron chi connectivity index (χ3n) is 0.839. The van der Waals surface area contributed by atoms with Gasteiger partial charge in [-0.1, -0.05) is 11.6 Å². The molecule has 0 saturated carbocycles. The second kappa shape index (κ2) is 3.04. The first-order valence-electron chi connectivity index (χ1n) is 2.22. The summed E-state index contributed by atoms with van der Waals surface area (Å²) >= 11 is 12.3. The molecule has 1 aromatic rings. The minimum absolute atomic E-state index is 0.689. The van der Waals surface area contributed by atoms with Gasteiger partial charge in [0.2, 0.25) is 0 Å². The quantitative estimate of drug-likeness (QED) is 0.630. The van der Waals surface area contributed by atoms with E-state index in [1.165, 1.54) is 0 Å². The fraction of sp³-hybridized carbons (Fsp3) is 0. The molecule has 0 heterocycles. The first-order valence-corrected chi connectivity index (χ1v) is 4.19. The summed E-state index contributed by atoms with van der Waals surface area (Å²) in [6.45, 7) is 0. The molecule has 0 spiro atoms. The van der Waals surface area contributed by atoms with Crippen molar-refractivity contribution in [3.8, 4) is 0 Å². The van der Waals surface area contributed by atoms with Gasteiger partial charge in [0, 0.05) is 8.95 Å². The predicted octanol–water partition coefficient (Wildman–Crippen LogP) is 3.67. The molecule has 3 heteroatoms. The Kier molecular flexibility index (Phi) is 2.56. The Morgan fingerprint density at radius 2 is 1.67 bits per heavy atom. The van der Waals surface area contributed by atoms with E-state index in [-0.39, 0.29) is 0 Å². The van der Waals surface area contributed by atoms with Crippen LogP contribution in [0.25, 0.3) is 0 Å². The van der Waals surface area contributed by atoms with Crippen molar-refractivity contribution >= 4 is 43.5 Å². The number of benzene rings is 1. The van der Waals surface area contributed by atoms with Crippen LogP contribution < -0.4 is 0 Å². The summed E-state index contributed by atoms with van der Waals surface area (Å²) in [7, 11) is 0. The summed E-state index contributed by atoms with van der Waals surface area (Å²) in [6, 6.07) is 6.43. The number of hydrogen-bond donors (Lipinski definition) is 0. The van der Waals surface area contributed by atoms with Gasteiger partial charge in [-0.25, -0.2) is 0 Å². The highest BCUT2D eigenvalue weighted by atomic mass is 79.9. The minimum atomic E-state index is 0.689. The van der Waals surface area contributed by atoms with E-state index in [4.69, 9.17) is 11.6 Å². The zero-order valence-electron chi connectivity index (χ0n) is 4.29. The largest absolute Gasteiger partial charge is 0.0819 e. The maximum Gasteiger partial charge on any atom is 0.0690 e. The average molecular weight is 269 g/mol. The summed E-state index contributed by atoms with van der Waals surface area (Å²) in [5, 5.41) is 0.689. The van der Waals surface area contributed by atoms with Gasteiger partial charge in [-0.2, -0.15) is 0 Å². The smallest absolute Gasteiger partial charge is 0.0690 e. The molecule has 0 aliphatic rings. The lowest BCUT2D eigenvalue weighted by Gasteiger charge is -1.94. The summed E-state index contributed by atoms with van der Waals surface area (Å²) in [5.41, 5.74) is 0. The van der Waals surface area contributed by atoms with Gasteiger partial charge in [0.05, 0.1) is 5.02 Å². The van der Waals surface area contributed by atoms with E-state index in [1.807, 2.05) is 0 Å². The molecule has 47 valence electrons. The van der Waals surface area contributed by atoms with Crippen LogP contribution in [0.1, 0.15) is 0 Å². The van der Waals surface area contributed by atoms with Crippen molar-refractivity contribution in [1.29, 1.82) is 0 Å². The second-order valence-electron chi connectivity index (χ2n) is 1.47. The summed E-state index contributed by atoms with van der Waals surface area (Å²) < 4.78 is 1.72. The summed E-state index contributed by atoms with van der Waals surface area (Å²) in [5.74, 6) is 0. The van der Waals surface area contributed by atoms with Crippen molar-refractivity contribution in [3.63, 3.8) is 0 Å². The minimum Gasteiger partial charge on any atom is -0.0819 e. The molecule has 0 atom stereocenters. The standard InChI is InChI=1S/C6H2Br2Cl/c7-4-2-1-3-5(8)6(4)9/h2-3H. The van der Waals surface area contributed by atoms with Crippen LogP contribution in [0.4, 0.5) is 0 Å². The van der Waals surface area contributed by atoms with Crippen LogP contribution in [0, 0.1) is 6.07 Å². The van der Waals surface area contributed by atoms with Crippen LogP contribution in [0.5, 0.6) is 0 Å². The Morgan fingerprint density at radius 3 is 2.00 bits per heavy atom. The third-order valence-corrected chi connectivity index (χ3v) is 2.95. The van der Waals surface area contributed by atoms with Crippen LogP contribution >= 0.6 is 43.5 Å². The fourth-order valence-electron chi connectivity index (χ4n) is 0.429. The molecular formula is C6H2Br2Cl. The molecule has 0 nitrogen and oxygen atoms in total. The lowest BCUT2D eigenvalue weighted by atomic mass is 10.4. The van der Waals surface area contributed by atoms with E-state index in [1.54, 1.807) is 12.1 Å². The zero-order valence-corrected chi connectivity index (χ0v) is 8.22. The molecule has 0 aromatic heterocycles. The predicted molar refractivity (Wildman–Crippen MR) is 45.7 cm³/mol. The maximum atomic E-state index is 5.76. The monoisotopic (exact) mass is 267 g/mol. The highest BCUT2D eigenvalue weighted by Crippen LogP contribution is 2.29. The summed E-state index contributed by atoms with van der Waals surface area (Å²) in [4.78, 5) is 0. The second-order valence-corrected chi connectivity index (χ2v) is 3.55. The van der Waals surface area contributed by atoms with Gasteiger partial charge in [0.15, 0.2) is 0 Å². The Hall–Kier alpha value is 0.470. The van der Waals surface area contributed by atoms with E-state index < -0.39 is 0 Å². The molecule has 0 bridgehead atoms. The van der Waals surface area contributed by atoms with Crippen molar-refractivity contribution in [3.05, 3.63) is 32.2 Å². The van der Waals surface area contributed by atoms with Crippen LogP contribution in [-0.2, 0) is 0 Å². The SMILES string of the molecule is Clc1c(Br)c[c]cc1Br. The van der Waals surface area contributed by atoms with Crippen LogP contribution in [0.2, 0.25) is 5.02 Å². The Morgan fingerprint density at radius 1 is 1.22 bits per heavy atom. The molecule has 9 heavy (non-hydrogen) atoms. The van der Waals surface area contributed by atoms with Gasteiger partial charge in [-0.05, 0) is 50.1 Å². The number of rotatable bonds is 0. The van der Waals surface area contributed by atoms with Crippen LogP contribution in [0.3, 0.4) is 0 Å². The lowest BCUT2D eigenvalue weighted by Crippen LogP contribution is -1.69. The topological polar surface area (TPSA) is 0 Å². The van der Waals surface area contributed by atoms with E-state index in [2.05, 4.69) is 37.9 Å². The number of halogens is 3. The van der Waals surface area contributed by atoms with Gasteiger partial charge >= 0.3 is 0 Å². The van der Waals surface area contributed by atoms with Crippen molar-refractivity contribution < 1.29 is 0 Å². The number of hydrogen-bond acceptors (Lipinski definition) is 0. The maximum absolute atomic E-state index is 5.76. The molecule has 0 saturated heterocycles. The normalized spacial score (nSPS) is 9.67. The van der Waals surface area contributed by atoms with Gasteiger partial charge < -0.3 is 0 Å². The van der Waals surface area contributed by atoms with Gasteiger partial charge in [0.1, 0.15) is 0 Å². The average Bonchev–Trinajstić information content (AvgIpc) is 1.83. The van der Waals surface area contributed by atoms with E-state index in [0.29, 0.717) is 5.02 Å². The van der Waals surface area contributed by atoms with E-state index in [9.17, 15) is 0 Å². The molecule has 0 unspecified atom stereocenters.